The molecule has 18 heavy (non-hydrogen) atoms. The molecule has 2 N–H and O–H groups in total. The molecular weight excluding hydrogens is 232 g/mol. The Balaban J connectivity index is 2.32. The Morgan fingerprint density at radius 2 is 1.94 bits per heavy atom. The number of nitrogens with two attached hydrogens (primary N) is 1. The molecule has 0 heterocycles. The van der Waals surface area contributed by atoms with Crippen LogP contribution in [0, 0.1) is 17.6 Å². The van der Waals surface area contributed by atoms with E-state index in [-0.39, 0.29) is 11.5 Å². The van der Waals surface area contributed by atoms with Crippen LogP contribution in [-0.2, 0) is 5.41 Å². The molecule has 1 atom stereocenters. The van der Waals surface area contributed by atoms with Gasteiger partial charge in [0.05, 0.1) is 0 Å². The van der Waals surface area contributed by atoms with Gasteiger partial charge in [-0.15, -0.1) is 0 Å². The van der Waals surface area contributed by atoms with Crippen LogP contribution in [0.25, 0.3) is 0 Å². The Hall–Kier alpha value is -0.960. The third kappa shape index (κ3) is 2.28. The third-order valence-corrected chi connectivity index (χ3v) is 4.15. The lowest BCUT2D eigenvalue weighted by Gasteiger charge is -2.47. The van der Waals surface area contributed by atoms with Gasteiger partial charge in [-0.2, -0.15) is 0 Å². The molecule has 1 nitrogen and oxygen atoms in total. The molecule has 0 radical (unpaired) electrons. The molecule has 0 spiro atoms. The summed E-state index contributed by atoms with van der Waals surface area (Å²) in [6.45, 7) is 4.24. The highest BCUT2D eigenvalue weighted by molar-refractivity contribution is 5.32. The quantitative estimate of drug-likeness (QED) is 0.868. The van der Waals surface area contributed by atoms with Crippen molar-refractivity contribution in [2.75, 3.05) is 0 Å². The third-order valence-electron chi connectivity index (χ3n) is 4.15. The van der Waals surface area contributed by atoms with E-state index in [1.165, 1.54) is 6.07 Å². The van der Waals surface area contributed by atoms with Gasteiger partial charge in [-0.05, 0) is 36.8 Å². The molecule has 100 valence electrons. The van der Waals surface area contributed by atoms with Gasteiger partial charge in [-0.1, -0.05) is 26.3 Å². The average molecular weight is 253 g/mol. The monoisotopic (exact) mass is 253 g/mol. The van der Waals surface area contributed by atoms with Crippen LogP contribution >= 0.6 is 0 Å². The fourth-order valence-electron chi connectivity index (χ4n) is 3.02. The molecule has 1 saturated carbocycles. The minimum Gasteiger partial charge on any atom is -0.327 e. The summed E-state index contributed by atoms with van der Waals surface area (Å²) in [6, 6.07) is 3.83. The van der Waals surface area contributed by atoms with Gasteiger partial charge in [0, 0.05) is 17.5 Å². The van der Waals surface area contributed by atoms with Crippen LogP contribution in [-0.4, -0.2) is 6.04 Å². The zero-order valence-electron chi connectivity index (χ0n) is 11.0. The highest BCUT2D eigenvalue weighted by Crippen LogP contribution is 2.48. The molecule has 0 aliphatic heterocycles. The molecule has 3 heteroatoms. The molecule has 1 fully saturated rings. The molecule has 1 unspecified atom stereocenters. The van der Waals surface area contributed by atoms with Crippen molar-refractivity contribution >= 4 is 0 Å². The van der Waals surface area contributed by atoms with Gasteiger partial charge in [-0.25, -0.2) is 8.78 Å². The summed E-state index contributed by atoms with van der Waals surface area (Å²) in [5.41, 5.74) is 6.62. The lowest BCUT2D eigenvalue weighted by atomic mass is 9.59. The molecule has 1 aliphatic rings. The van der Waals surface area contributed by atoms with Gasteiger partial charge in [0.2, 0.25) is 0 Å². The zero-order valence-corrected chi connectivity index (χ0v) is 11.0. The first-order valence-electron chi connectivity index (χ1n) is 6.67. The van der Waals surface area contributed by atoms with Crippen molar-refractivity contribution in [3.8, 4) is 0 Å². The fraction of sp³-hybridized carbons (Fsp3) is 0.600. The molecule has 0 aromatic heterocycles. The molecular formula is C15H21F2N. The summed E-state index contributed by atoms with van der Waals surface area (Å²) in [5, 5.41) is 0. The van der Waals surface area contributed by atoms with E-state index in [0.717, 1.165) is 31.7 Å². The summed E-state index contributed by atoms with van der Waals surface area (Å²) in [7, 11) is 0. The molecule has 1 aromatic carbocycles. The summed E-state index contributed by atoms with van der Waals surface area (Å²) >= 11 is 0. The smallest absolute Gasteiger partial charge is 0.129 e. The maximum absolute atomic E-state index is 14.0. The van der Waals surface area contributed by atoms with E-state index in [9.17, 15) is 8.78 Å². The number of rotatable bonds is 4. The first-order valence-corrected chi connectivity index (χ1v) is 6.67. The summed E-state index contributed by atoms with van der Waals surface area (Å²) in [5.74, 6) is -0.488. The largest absolute Gasteiger partial charge is 0.327 e. The second-order valence-electron chi connectivity index (χ2n) is 5.87. The van der Waals surface area contributed by atoms with Crippen LogP contribution in [0.1, 0.15) is 45.1 Å². The van der Waals surface area contributed by atoms with Gasteiger partial charge in [-0.3, -0.25) is 0 Å². The Morgan fingerprint density at radius 1 is 1.28 bits per heavy atom. The highest BCUT2D eigenvalue weighted by atomic mass is 19.1. The van der Waals surface area contributed by atoms with Gasteiger partial charge >= 0.3 is 0 Å². The Morgan fingerprint density at radius 3 is 2.39 bits per heavy atom. The van der Waals surface area contributed by atoms with Crippen LogP contribution in [0.4, 0.5) is 8.78 Å². The van der Waals surface area contributed by atoms with E-state index in [1.807, 2.05) is 0 Å². The lowest BCUT2D eigenvalue weighted by Crippen LogP contribution is -2.51. The minimum absolute atomic E-state index is 0.0498. The predicted molar refractivity (Wildman–Crippen MR) is 69.3 cm³/mol. The van der Waals surface area contributed by atoms with Crippen molar-refractivity contribution in [3.05, 3.63) is 35.4 Å². The SMILES string of the molecule is CC(C)CC(N)C1(c2ccc(F)cc2F)CCC1. The number of halogens is 2. The Bertz CT molecular complexity index is 425. The van der Waals surface area contributed by atoms with Crippen molar-refractivity contribution in [2.45, 2.75) is 51.0 Å². The number of hydrogen-bond acceptors (Lipinski definition) is 1. The predicted octanol–water partition coefficient (Wildman–Crippen LogP) is 3.76. The summed E-state index contributed by atoms with van der Waals surface area (Å²) in [6.07, 6.45) is 3.76. The van der Waals surface area contributed by atoms with E-state index < -0.39 is 11.6 Å². The second kappa shape index (κ2) is 4.96. The van der Waals surface area contributed by atoms with Gasteiger partial charge < -0.3 is 5.73 Å². The van der Waals surface area contributed by atoms with Crippen molar-refractivity contribution < 1.29 is 8.78 Å². The molecule has 1 aromatic rings. The van der Waals surface area contributed by atoms with E-state index in [2.05, 4.69) is 13.8 Å². The van der Waals surface area contributed by atoms with Crippen molar-refractivity contribution in [3.63, 3.8) is 0 Å². The van der Waals surface area contributed by atoms with Crippen LogP contribution in [0.5, 0.6) is 0 Å². The van der Waals surface area contributed by atoms with E-state index in [4.69, 9.17) is 5.73 Å². The van der Waals surface area contributed by atoms with Gasteiger partial charge in [0.15, 0.2) is 0 Å². The molecule has 2 rings (SSSR count). The zero-order chi connectivity index (χ0) is 13.3. The fourth-order valence-corrected chi connectivity index (χ4v) is 3.02. The maximum Gasteiger partial charge on any atom is 0.129 e. The minimum atomic E-state index is -0.525. The Kier molecular flexibility index (Phi) is 3.71. The van der Waals surface area contributed by atoms with Crippen LogP contribution in [0.3, 0.4) is 0 Å². The molecule has 1 aliphatic carbocycles. The van der Waals surface area contributed by atoms with Gasteiger partial charge in [0.1, 0.15) is 11.6 Å². The standard InChI is InChI=1S/C15H21F2N/c1-10(2)8-14(18)15(6-3-7-15)12-5-4-11(16)9-13(12)17/h4-5,9-10,14H,3,6-8,18H2,1-2H3. The van der Waals surface area contributed by atoms with E-state index in [0.29, 0.717) is 11.5 Å². The van der Waals surface area contributed by atoms with Crippen LogP contribution in [0.15, 0.2) is 18.2 Å². The average Bonchev–Trinajstić information content (AvgIpc) is 2.18. The van der Waals surface area contributed by atoms with Crippen molar-refractivity contribution in [1.29, 1.82) is 0 Å². The summed E-state index contributed by atoms with van der Waals surface area (Å²) < 4.78 is 27.0. The summed E-state index contributed by atoms with van der Waals surface area (Å²) in [4.78, 5) is 0. The van der Waals surface area contributed by atoms with E-state index in [1.54, 1.807) is 6.07 Å². The van der Waals surface area contributed by atoms with Crippen LogP contribution < -0.4 is 5.73 Å². The van der Waals surface area contributed by atoms with Crippen LogP contribution in [0.2, 0.25) is 0 Å². The number of benzene rings is 1. The first-order chi connectivity index (χ1) is 8.45. The van der Waals surface area contributed by atoms with Gasteiger partial charge in [0.25, 0.3) is 0 Å². The van der Waals surface area contributed by atoms with Crippen molar-refractivity contribution in [1.82, 2.24) is 0 Å². The second-order valence-corrected chi connectivity index (χ2v) is 5.87. The molecule has 0 saturated heterocycles. The maximum atomic E-state index is 14.0. The lowest BCUT2D eigenvalue weighted by molar-refractivity contribution is 0.172. The van der Waals surface area contributed by atoms with Crippen molar-refractivity contribution in [2.24, 2.45) is 11.7 Å². The molecule has 0 bridgehead atoms. The van der Waals surface area contributed by atoms with E-state index >= 15 is 0 Å². The topological polar surface area (TPSA) is 26.0 Å². The number of hydrogen-bond donors (Lipinski definition) is 1. The normalized spacial score (nSPS) is 19.7. The first kappa shape index (κ1) is 13.5. The Labute approximate surface area is 107 Å². The molecule has 0 amide bonds. The highest BCUT2D eigenvalue weighted by Gasteiger charge is 2.45.